The standard InChI is InChI=1S/C15H24N2O/c1-12-9-13(2)11-14(10-12)17(4)15(18)7-5-6-8-16-3/h9-11,16H,5-8H2,1-4H3. The number of nitrogens with zero attached hydrogens (tertiary/aromatic N) is 1. The molecular formula is C15H24N2O. The van der Waals surface area contributed by atoms with E-state index in [1.807, 2.05) is 14.1 Å². The first-order valence-electron chi connectivity index (χ1n) is 6.54. The van der Waals surface area contributed by atoms with Gasteiger partial charge in [0.25, 0.3) is 0 Å². The van der Waals surface area contributed by atoms with Crippen molar-refractivity contribution in [2.75, 3.05) is 25.5 Å². The Morgan fingerprint density at radius 2 is 1.78 bits per heavy atom. The van der Waals surface area contributed by atoms with E-state index >= 15 is 0 Å². The van der Waals surface area contributed by atoms with Crippen LogP contribution in [0.2, 0.25) is 0 Å². The lowest BCUT2D eigenvalue weighted by Gasteiger charge is -2.18. The highest BCUT2D eigenvalue weighted by atomic mass is 16.2. The quantitative estimate of drug-likeness (QED) is 0.785. The van der Waals surface area contributed by atoms with Gasteiger partial charge in [-0.3, -0.25) is 4.79 Å². The van der Waals surface area contributed by atoms with Crippen LogP contribution >= 0.6 is 0 Å². The number of hydrogen-bond donors (Lipinski definition) is 1. The van der Waals surface area contributed by atoms with Gasteiger partial charge in [-0.25, -0.2) is 0 Å². The van der Waals surface area contributed by atoms with Crippen molar-refractivity contribution in [3.8, 4) is 0 Å². The van der Waals surface area contributed by atoms with E-state index in [1.165, 1.54) is 11.1 Å². The first-order chi connectivity index (χ1) is 8.54. The van der Waals surface area contributed by atoms with Crippen LogP contribution in [0.3, 0.4) is 0 Å². The van der Waals surface area contributed by atoms with E-state index < -0.39 is 0 Å². The molecular weight excluding hydrogens is 224 g/mol. The van der Waals surface area contributed by atoms with Crippen LogP contribution in [0, 0.1) is 13.8 Å². The Hall–Kier alpha value is -1.35. The molecule has 18 heavy (non-hydrogen) atoms. The van der Waals surface area contributed by atoms with Crippen LogP contribution in [-0.2, 0) is 4.79 Å². The zero-order chi connectivity index (χ0) is 13.5. The minimum atomic E-state index is 0.191. The summed E-state index contributed by atoms with van der Waals surface area (Å²) in [5.41, 5.74) is 3.38. The fraction of sp³-hybridized carbons (Fsp3) is 0.533. The fourth-order valence-electron chi connectivity index (χ4n) is 2.03. The first-order valence-corrected chi connectivity index (χ1v) is 6.54. The number of unbranched alkanes of at least 4 members (excludes halogenated alkanes) is 1. The Bertz CT molecular complexity index is 381. The lowest BCUT2D eigenvalue weighted by atomic mass is 10.1. The number of hydrogen-bond acceptors (Lipinski definition) is 2. The average Bonchev–Trinajstić information content (AvgIpc) is 2.32. The van der Waals surface area contributed by atoms with Crippen LogP contribution in [0.15, 0.2) is 18.2 Å². The number of nitrogens with one attached hydrogen (secondary N) is 1. The molecule has 0 aliphatic carbocycles. The van der Waals surface area contributed by atoms with E-state index in [9.17, 15) is 4.79 Å². The molecule has 1 N–H and O–H groups in total. The maximum Gasteiger partial charge on any atom is 0.226 e. The third-order valence-corrected chi connectivity index (χ3v) is 3.04. The molecule has 0 aromatic heterocycles. The zero-order valence-electron chi connectivity index (χ0n) is 11.9. The van der Waals surface area contributed by atoms with Gasteiger partial charge in [-0.15, -0.1) is 0 Å². The summed E-state index contributed by atoms with van der Waals surface area (Å²) in [6, 6.07) is 6.23. The predicted octanol–water partition coefficient (Wildman–Crippen LogP) is 2.66. The van der Waals surface area contributed by atoms with Gasteiger partial charge in [0.15, 0.2) is 0 Å². The molecule has 0 atom stereocenters. The number of benzene rings is 1. The summed E-state index contributed by atoms with van der Waals surface area (Å²) in [5, 5.41) is 3.09. The Labute approximate surface area is 110 Å². The largest absolute Gasteiger partial charge is 0.320 e. The molecule has 0 bridgehead atoms. The molecule has 0 aliphatic rings. The fourth-order valence-corrected chi connectivity index (χ4v) is 2.03. The SMILES string of the molecule is CNCCCCC(=O)N(C)c1cc(C)cc(C)c1. The highest BCUT2D eigenvalue weighted by Crippen LogP contribution is 2.18. The summed E-state index contributed by atoms with van der Waals surface area (Å²) >= 11 is 0. The van der Waals surface area contributed by atoms with Crippen molar-refractivity contribution in [1.82, 2.24) is 5.32 Å². The van der Waals surface area contributed by atoms with Crippen molar-refractivity contribution < 1.29 is 4.79 Å². The van der Waals surface area contributed by atoms with Gasteiger partial charge < -0.3 is 10.2 Å². The Morgan fingerprint density at radius 3 is 2.33 bits per heavy atom. The average molecular weight is 248 g/mol. The second kappa shape index (κ2) is 7.17. The van der Waals surface area contributed by atoms with Crippen LogP contribution in [0.25, 0.3) is 0 Å². The van der Waals surface area contributed by atoms with Gasteiger partial charge in [0, 0.05) is 19.2 Å². The van der Waals surface area contributed by atoms with Crippen LogP contribution in [0.1, 0.15) is 30.4 Å². The molecule has 0 unspecified atom stereocenters. The summed E-state index contributed by atoms with van der Waals surface area (Å²) in [4.78, 5) is 13.8. The summed E-state index contributed by atoms with van der Waals surface area (Å²) in [6.45, 7) is 5.09. The van der Waals surface area contributed by atoms with Gasteiger partial charge in [-0.05, 0) is 63.5 Å². The van der Waals surface area contributed by atoms with Crippen LogP contribution in [0.4, 0.5) is 5.69 Å². The highest BCUT2D eigenvalue weighted by Gasteiger charge is 2.10. The molecule has 0 radical (unpaired) electrons. The molecule has 0 fully saturated rings. The number of aryl methyl sites for hydroxylation is 2. The zero-order valence-corrected chi connectivity index (χ0v) is 11.9. The second-order valence-corrected chi connectivity index (χ2v) is 4.86. The monoisotopic (exact) mass is 248 g/mol. The Balaban J connectivity index is 2.57. The van der Waals surface area contributed by atoms with E-state index in [0.717, 1.165) is 25.1 Å². The first kappa shape index (κ1) is 14.7. The van der Waals surface area contributed by atoms with E-state index in [2.05, 4.69) is 37.4 Å². The predicted molar refractivity (Wildman–Crippen MR) is 77.1 cm³/mol. The van der Waals surface area contributed by atoms with E-state index in [4.69, 9.17) is 0 Å². The molecule has 3 nitrogen and oxygen atoms in total. The summed E-state index contributed by atoms with van der Waals surface area (Å²) in [6.07, 6.45) is 2.60. The Morgan fingerprint density at radius 1 is 1.17 bits per heavy atom. The Kier molecular flexibility index (Phi) is 5.86. The molecule has 1 amide bonds. The maximum absolute atomic E-state index is 12.0. The summed E-state index contributed by atoms with van der Waals surface area (Å²) < 4.78 is 0. The van der Waals surface area contributed by atoms with Crippen molar-refractivity contribution in [3.05, 3.63) is 29.3 Å². The molecule has 3 heteroatoms. The number of anilines is 1. The molecule has 0 saturated heterocycles. The van der Waals surface area contributed by atoms with Crippen molar-refractivity contribution in [2.24, 2.45) is 0 Å². The third-order valence-electron chi connectivity index (χ3n) is 3.04. The van der Waals surface area contributed by atoms with E-state index in [1.54, 1.807) is 4.90 Å². The third kappa shape index (κ3) is 4.49. The smallest absolute Gasteiger partial charge is 0.226 e. The minimum absolute atomic E-state index is 0.191. The van der Waals surface area contributed by atoms with Gasteiger partial charge in [0.2, 0.25) is 5.91 Å². The number of carbonyl (C=O) groups is 1. The molecule has 0 spiro atoms. The van der Waals surface area contributed by atoms with Crippen molar-refractivity contribution >= 4 is 11.6 Å². The van der Waals surface area contributed by atoms with E-state index in [0.29, 0.717) is 6.42 Å². The summed E-state index contributed by atoms with van der Waals surface area (Å²) in [5.74, 6) is 0.191. The van der Waals surface area contributed by atoms with Crippen molar-refractivity contribution in [2.45, 2.75) is 33.1 Å². The van der Waals surface area contributed by atoms with Gasteiger partial charge in [0.05, 0.1) is 0 Å². The van der Waals surface area contributed by atoms with Crippen molar-refractivity contribution in [3.63, 3.8) is 0 Å². The topological polar surface area (TPSA) is 32.3 Å². The van der Waals surface area contributed by atoms with Gasteiger partial charge >= 0.3 is 0 Å². The van der Waals surface area contributed by atoms with Crippen LogP contribution in [0.5, 0.6) is 0 Å². The summed E-state index contributed by atoms with van der Waals surface area (Å²) in [7, 11) is 3.79. The molecule has 0 saturated carbocycles. The lowest BCUT2D eigenvalue weighted by molar-refractivity contribution is -0.118. The maximum atomic E-state index is 12.0. The van der Waals surface area contributed by atoms with Gasteiger partial charge in [-0.2, -0.15) is 0 Å². The number of carbonyl (C=O) groups excluding carboxylic acids is 1. The minimum Gasteiger partial charge on any atom is -0.320 e. The highest BCUT2D eigenvalue weighted by molar-refractivity contribution is 5.92. The van der Waals surface area contributed by atoms with Gasteiger partial charge in [0.1, 0.15) is 0 Å². The number of rotatable bonds is 6. The van der Waals surface area contributed by atoms with E-state index in [-0.39, 0.29) is 5.91 Å². The molecule has 1 aromatic rings. The van der Waals surface area contributed by atoms with Crippen molar-refractivity contribution in [1.29, 1.82) is 0 Å². The second-order valence-electron chi connectivity index (χ2n) is 4.86. The molecule has 1 rings (SSSR count). The number of amides is 1. The van der Waals surface area contributed by atoms with Crippen LogP contribution in [-0.4, -0.2) is 26.5 Å². The van der Waals surface area contributed by atoms with Gasteiger partial charge in [-0.1, -0.05) is 6.07 Å². The molecule has 1 aromatic carbocycles. The molecule has 0 aliphatic heterocycles. The molecule has 0 heterocycles. The molecule has 100 valence electrons. The lowest BCUT2D eigenvalue weighted by Crippen LogP contribution is -2.26. The normalized spacial score (nSPS) is 10.4. The van der Waals surface area contributed by atoms with Crippen LogP contribution < -0.4 is 10.2 Å².